The van der Waals surface area contributed by atoms with Gasteiger partial charge in [0.1, 0.15) is 0 Å². The first-order valence-electron chi connectivity index (χ1n) is 44.1. The van der Waals surface area contributed by atoms with Crippen molar-refractivity contribution in [2.45, 2.75) is 296 Å². The van der Waals surface area contributed by atoms with E-state index in [-0.39, 0.29) is 71.7 Å². The van der Waals surface area contributed by atoms with Crippen molar-refractivity contribution in [2.24, 2.45) is 0 Å². The number of rotatable bonds is 5. The molecule has 2 aliphatic heterocycles. The third-order valence-corrected chi connectivity index (χ3v) is 31.6. The Morgan fingerprint density at radius 1 is 0.325 bits per heavy atom. The Balaban J connectivity index is 0.000000156. The maximum Gasteiger partial charge on any atom is 0.252 e. The summed E-state index contributed by atoms with van der Waals surface area (Å²) in [7, 11) is 0. The summed E-state index contributed by atoms with van der Waals surface area (Å²) in [4.78, 5) is 5.12. The van der Waals surface area contributed by atoms with Gasteiger partial charge in [0.2, 0.25) is 0 Å². The van der Waals surface area contributed by atoms with E-state index in [9.17, 15) is 0 Å². The highest BCUT2D eigenvalue weighted by Crippen LogP contribution is 2.60. The van der Waals surface area contributed by atoms with Gasteiger partial charge in [0.05, 0.1) is 16.9 Å². The van der Waals surface area contributed by atoms with Gasteiger partial charge in [-0.05, 0) is 291 Å². The number of fused-ring (bicyclic) bond motifs is 18. The van der Waals surface area contributed by atoms with E-state index in [0.29, 0.717) is 0 Å². The first kappa shape index (κ1) is 78.4. The van der Waals surface area contributed by atoms with Crippen LogP contribution in [-0.4, -0.2) is 15.8 Å². The molecule has 0 saturated carbocycles. The molecule has 0 bridgehead atoms. The summed E-state index contributed by atoms with van der Waals surface area (Å²) in [5.41, 5.74) is 42.1. The summed E-state index contributed by atoms with van der Waals surface area (Å²) < 4.78 is 5.16. The van der Waals surface area contributed by atoms with Crippen LogP contribution < -0.4 is 26.2 Å². The highest BCUT2D eigenvalue weighted by molar-refractivity contribution is 7.00. The zero-order valence-electron chi connectivity index (χ0n) is 75.0. The molecule has 4 nitrogen and oxygen atoms in total. The minimum absolute atomic E-state index is 0.0276. The van der Waals surface area contributed by atoms with Crippen molar-refractivity contribution < 1.29 is 0 Å². The molecule has 117 heavy (non-hydrogen) atoms. The molecular weight excluding hydrogens is 1460 g/mol. The molecule has 0 radical (unpaired) electrons. The van der Waals surface area contributed by atoms with Crippen LogP contribution in [0.1, 0.15) is 309 Å². The Labute approximate surface area is 710 Å². The van der Waals surface area contributed by atoms with E-state index in [1.807, 2.05) is 0 Å². The minimum Gasteiger partial charge on any atom is -0.311 e. The van der Waals surface area contributed by atoms with Crippen molar-refractivity contribution in [3.63, 3.8) is 0 Å². The van der Waals surface area contributed by atoms with Gasteiger partial charge in [-0.15, -0.1) is 0 Å². The standard InChI is InChI=1S/C55H60BClN2.C55H63ClN2/c1-50(2,3)31-24-35-46-49(34-16-14-15-17-36(34)55(46,12)13)59-45-27-32(57)26-44-47(45)56(42(25-31)48(35)59)41-29-39-40(54(10,11)23-22-53(39,8)9)30-43(41)58(44)33-18-19-37-38(28-33)52(6,7)21-20-51(37,4)5;1-50(2,3)34-18-23-47-41(28-34)48-49(40-16-14-15-17-42(40)55(48,12)13)58(47)39-30-35(56)29-38(31-39)57(36-19-21-43-45(32-36)53(8,9)26-24-51(43,4)5)37-20-22-44-46(33-37)54(10,11)27-25-52(44,6)7/h14-19,24-30H,20-23H2,1-13H3;14-23,28-33H,24-27H2,1-13H3. The average molecular weight is 1580 g/mol. The Morgan fingerprint density at radius 2 is 0.752 bits per heavy atom. The molecule has 0 fully saturated rings. The van der Waals surface area contributed by atoms with E-state index in [2.05, 4.69) is 375 Å². The van der Waals surface area contributed by atoms with Gasteiger partial charge >= 0.3 is 0 Å². The van der Waals surface area contributed by atoms with Crippen LogP contribution in [0.5, 0.6) is 0 Å². The van der Waals surface area contributed by atoms with Crippen molar-refractivity contribution in [3.05, 3.63) is 264 Å². The van der Waals surface area contributed by atoms with Crippen molar-refractivity contribution >= 4 is 102 Å². The maximum atomic E-state index is 7.49. The van der Waals surface area contributed by atoms with E-state index in [1.165, 1.54) is 224 Å². The van der Waals surface area contributed by atoms with Crippen LogP contribution in [0.3, 0.4) is 0 Å². The molecule has 6 aliphatic carbocycles. The van der Waals surface area contributed by atoms with Crippen LogP contribution in [0.15, 0.2) is 176 Å². The van der Waals surface area contributed by atoms with E-state index in [4.69, 9.17) is 23.2 Å². The molecule has 7 heteroatoms. The first-order chi connectivity index (χ1) is 54.5. The maximum absolute atomic E-state index is 7.49. The number of halogens is 2. The van der Waals surface area contributed by atoms with Crippen molar-refractivity contribution in [2.75, 3.05) is 9.80 Å². The van der Waals surface area contributed by atoms with Gasteiger partial charge in [-0.3, -0.25) is 0 Å². The van der Waals surface area contributed by atoms with E-state index in [0.717, 1.165) is 21.4 Å². The molecule has 0 atom stereocenters. The fourth-order valence-corrected chi connectivity index (χ4v) is 23.9. The SMILES string of the molecule is CC(C)(C)c1cc2c3c(c1)c1c(n3-c3cc(Cl)cc4c3B2c2cc3c(cc2N4c2ccc4c(c2)C(C)(C)CCC4(C)C)C(C)(C)CCC3(C)C)-c2ccccc2C1(C)C.CC(C)(C)c1ccc2c(c1)c1c(n2-c2cc(Cl)cc(N(c3ccc4c(c3)C(C)(C)CCC4(C)C)c3ccc4c(c3)C(C)(C)CCC4(C)C)c2)-c2ccccc2C1(C)C. The number of anilines is 6. The van der Waals surface area contributed by atoms with Crippen LogP contribution in [0.2, 0.25) is 10.0 Å². The van der Waals surface area contributed by atoms with E-state index in [1.54, 1.807) is 0 Å². The number of nitrogens with zero attached hydrogens (tertiary/aromatic N) is 4. The van der Waals surface area contributed by atoms with Gasteiger partial charge < -0.3 is 18.9 Å². The second-order valence-corrected chi connectivity index (χ2v) is 46.4. The molecule has 2 aromatic heterocycles. The van der Waals surface area contributed by atoms with Gasteiger partial charge in [-0.25, -0.2) is 0 Å². The molecular formula is C110H123BCl2N4. The predicted molar refractivity (Wildman–Crippen MR) is 504 cm³/mol. The van der Waals surface area contributed by atoms with Crippen LogP contribution in [0.25, 0.3) is 55.7 Å². The molecule has 600 valence electrons. The smallest absolute Gasteiger partial charge is 0.252 e. The molecule has 10 aromatic carbocycles. The largest absolute Gasteiger partial charge is 0.311 e. The molecule has 0 N–H and O–H groups in total. The summed E-state index contributed by atoms with van der Waals surface area (Å²) in [6.07, 6.45) is 9.45. The normalized spacial score (nSPS) is 19.8. The van der Waals surface area contributed by atoms with Gasteiger partial charge in [0, 0.05) is 93.8 Å². The first-order valence-corrected chi connectivity index (χ1v) is 44.8. The number of benzene rings is 10. The number of aromatic nitrogens is 2. The molecule has 0 unspecified atom stereocenters. The Morgan fingerprint density at radius 3 is 1.26 bits per heavy atom. The molecule has 0 spiro atoms. The third-order valence-electron chi connectivity index (χ3n) is 31.2. The molecule has 12 aromatic rings. The van der Waals surface area contributed by atoms with Crippen molar-refractivity contribution in [3.8, 4) is 33.9 Å². The van der Waals surface area contributed by atoms with Gasteiger partial charge in [0.25, 0.3) is 6.71 Å². The van der Waals surface area contributed by atoms with Crippen LogP contribution in [-0.2, 0) is 65.0 Å². The highest BCUT2D eigenvalue weighted by Gasteiger charge is 2.52. The van der Waals surface area contributed by atoms with Crippen molar-refractivity contribution in [1.29, 1.82) is 0 Å². The van der Waals surface area contributed by atoms with Gasteiger partial charge in [-0.1, -0.05) is 288 Å². The zero-order valence-corrected chi connectivity index (χ0v) is 76.5. The van der Waals surface area contributed by atoms with E-state index < -0.39 is 0 Å². The average Bonchev–Trinajstić information content (AvgIpc) is 1.56. The van der Waals surface area contributed by atoms with E-state index >= 15 is 0 Å². The van der Waals surface area contributed by atoms with Crippen LogP contribution in [0, 0.1) is 0 Å². The van der Waals surface area contributed by atoms with Crippen LogP contribution >= 0.6 is 23.2 Å². The monoisotopic (exact) mass is 1580 g/mol. The summed E-state index contributed by atoms with van der Waals surface area (Å²) in [6, 6.07) is 69.1. The van der Waals surface area contributed by atoms with Crippen molar-refractivity contribution in [1.82, 2.24) is 9.13 Å². The number of hydrogen-bond donors (Lipinski definition) is 0. The lowest BCUT2D eigenvalue weighted by Crippen LogP contribution is -2.61. The lowest BCUT2D eigenvalue weighted by atomic mass is 9.33. The topological polar surface area (TPSA) is 16.3 Å². The molecule has 4 heterocycles. The minimum atomic E-state index is -0.160. The van der Waals surface area contributed by atoms with Crippen LogP contribution in [0.4, 0.5) is 34.1 Å². The molecule has 20 rings (SSSR count). The molecule has 0 amide bonds. The highest BCUT2D eigenvalue weighted by atomic mass is 35.5. The lowest BCUT2D eigenvalue weighted by Gasteiger charge is -2.47. The fraction of sp³-hybridized carbons (Fsp3) is 0.418. The Bertz CT molecular complexity index is 6210. The second kappa shape index (κ2) is 25.1. The van der Waals surface area contributed by atoms with Gasteiger partial charge in [0.15, 0.2) is 0 Å². The zero-order chi connectivity index (χ0) is 83.3. The lowest BCUT2D eigenvalue weighted by molar-refractivity contribution is 0.332. The molecule has 0 saturated heterocycles. The Hall–Kier alpha value is -8.48. The summed E-state index contributed by atoms with van der Waals surface area (Å²) in [6.45, 7) is 62.9. The van der Waals surface area contributed by atoms with Gasteiger partial charge in [-0.2, -0.15) is 0 Å². The summed E-state index contributed by atoms with van der Waals surface area (Å²) in [5.74, 6) is 0. The Kier molecular flexibility index (Phi) is 16.8. The second-order valence-electron chi connectivity index (χ2n) is 45.5. The molecule has 8 aliphatic rings. The summed E-state index contributed by atoms with van der Waals surface area (Å²) in [5, 5.41) is 4.21. The quantitative estimate of drug-likeness (QED) is 0.160. The third kappa shape index (κ3) is 11.6. The fourth-order valence-electron chi connectivity index (χ4n) is 23.5. The number of hydrogen-bond acceptors (Lipinski definition) is 2. The predicted octanol–water partition coefficient (Wildman–Crippen LogP) is 29.3. The summed E-state index contributed by atoms with van der Waals surface area (Å²) >= 11 is 14.9.